The molecule has 1 rings (SSSR count). The molecule has 0 saturated carbocycles. The minimum absolute atomic E-state index is 0.0615. The van der Waals surface area contributed by atoms with Gasteiger partial charge in [0, 0.05) is 11.9 Å². The summed E-state index contributed by atoms with van der Waals surface area (Å²) in [6.45, 7) is 3.19. The van der Waals surface area contributed by atoms with E-state index in [1.54, 1.807) is 13.8 Å². The molecule has 0 saturated heterocycles. The zero-order valence-electron chi connectivity index (χ0n) is 11.3. The molecule has 0 fully saturated rings. The Labute approximate surface area is 118 Å². The van der Waals surface area contributed by atoms with Gasteiger partial charge in [0.15, 0.2) is 9.84 Å². The fourth-order valence-electron chi connectivity index (χ4n) is 1.70. The largest absolute Gasteiger partial charge is 0.325 e. The maximum atomic E-state index is 11.6. The Bertz CT molecular complexity index is 728. The number of hydrogen-bond acceptors (Lipinski definition) is 5. The topological polar surface area (TPSA) is 123 Å². The summed E-state index contributed by atoms with van der Waals surface area (Å²) in [5.74, 6) is -1.31. The zero-order valence-corrected chi connectivity index (χ0v) is 12.9. The molecule has 0 aliphatic carbocycles. The second kappa shape index (κ2) is 5.51. The Balaban J connectivity index is 3.13. The van der Waals surface area contributed by atoms with Crippen molar-refractivity contribution in [1.29, 1.82) is 0 Å². The van der Waals surface area contributed by atoms with Crippen LogP contribution in [0.1, 0.15) is 11.1 Å². The molecular weight excluding hydrogens is 304 g/mol. The number of amides is 1. The lowest BCUT2D eigenvalue weighted by Gasteiger charge is -2.13. The number of nitrogens with two attached hydrogens (primary N) is 1. The van der Waals surface area contributed by atoms with E-state index in [0.717, 1.165) is 6.26 Å². The summed E-state index contributed by atoms with van der Waals surface area (Å²) in [5.41, 5.74) is 1.35. The Morgan fingerprint density at radius 2 is 1.60 bits per heavy atom. The van der Waals surface area contributed by atoms with Crippen molar-refractivity contribution in [3.63, 3.8) is 0 Å². The summed E-state index contributed by atoms with van der Waals surface area (Å²) in [7, 11) is -7.26. The number of hydrogen-bond donors (Lipinski definition) is 2. The van der Waals surface area contributed by atoms with Crippen LogP contribution in [0, 0.1) is 13.8 Å². The molecule has 0 atom stereocenters. The molecule has 3 N–H and O–H groups in total. The average Bonchev–Trinajstić information content (AvgIpc) is 2.19. The van der Waals surface area contributed by atoms with E-state index in [1.165, 1.54) is 12.1 Å². The molecule has 112 valence electrons. The van der Waals surface area contributed by atoms with Crippen molar-refractivity contribution in [3.05, 3.63) is 23.3 Å². The van der Waals surface area contributed by atoms with Crippen LogP contribution in [-0.2, 0) is 24.7 Å². The number of primary sulfonamides is 1. The highest BCUT2D eigenvalue weighted by Crippen LogP contribution is 2.24. The van der Waals surface area contributed by atoms with Crippen molar-refractivity contribution in [1.82, 2.24) is 0 Å². The van der Waals surface area contributed by atoms with Gasteiger partial charge in [0.1, 0.15) is 5.75 Å². The van der Waals surface area contributed by atoms with Crippen molar-refractivity contribution in [3.8, 4) is 0 Å². The van der Waals surface area contributed by atoms with Crippen LogP contribution in [0.3, 0.4) is 0 Å². The smallest absolute Gasteiger partial charge is 0.239 e. The first-order chi connectivity index (χ1) is 8.90. The fraction of sp³-hybridized carbons (Fsp3) is 0.364. The molecule has 0 heterocycles. The highest BCUT2D eigenvalue weighted by atomic mass is 32.2. The molecule has 9 heteroatoms. The number of aryl methyl sites for hydroxylation is 2. The van der Waals surface area contributed by atoms with Crippen molar-refractivity contribution >= 4 is 31.5 Å². The number of benzene rings is 1. The van der Waals surface area contributed by atoms with Gasteiger partial charge in [-0.25, -0.2) is 22.0 Å². The minimum atomic E-state index is -3.83. The van der Waals surface area contributed by atoms with E-state index in [4.69, 9.17) is 5.14 Å². The van der Waals surface area contributed by atoms with Crippen molar-refractivity contribution < 1.29 is 21.6 Å². The molecular formula is C11H16N2O5S2. The Morgan fingerprint density at radius 3 is 1.95 bits per heavy atom. The van der Waals surface area contributed by atoms with Crippen LogP contribution >= 0.6 is 0 Å². The summed E-state index contributed by atoms with van der Waals surface area (Å²) in [6.07, 6.45) is 0.955. The van der Waals surface area contributed by atoms with E-state index < -0.39 is 31.5 Å². The van der Waals surface area contributed by atoms with Gasteiger partial charge in [0.25, 0.3) is 0 Å². The number of sulfone groups is 1. The lowest BCUT2D eigenvalue weighted by Crippen LogP contribution is -2.23. The predicted octanol–water partition coefficient (Wildman–Crippen LogP) is -0.0661. The van der Waals surface area contributed by atoms with Crippen molar-refractivity contribution in [2.45, 2.75) is 18.7 Å². The summed E-state index contributed by atoms with van der Waals surface area (Å²) < 4.78 is 44.6. The lowest BCUT2D eigenvalue weighted by atomic mass is 10.1. The SMILES string of the molecule is Cc1cc(S(N)(=O)=O)cc(C)c1NC(=O)CS(C)(=O)=O. The molecule has 1 aromatic rings. The quantitative estimate of drug-likeness (QED) is 0.804. The van der Waals surface area contributed by atoms with Gasteiger partial charge < -0.3 is 5.32 Å². The van der Waals surface area contributed by atoms with Crippen LogP contribution < -0.4 is 10.5 Å². The number of carbonyl (C=O) groups excluding carboxylic acids is 1. The molecule has 1 aromatic carbocycles. The molecule has 0 spiro atoms. The fourth-order valence-corrected chi connectivity index (χ4v) is 2.93. The van der Waals surface area contributed by atoms with Crippen molar-refractivity contribution in [2.24, 2.45) is 5.14 Å². The summed E-state index contributed by atoms with van der Waals surface area (Å²) in [6, 6.07) is 2.64. The summed E-state index contributed by atoms with van der Waals surface area (Å²) >= 11 is 0. The van der Waals surface area contributed by atoms with Gasteiger partial charge in [0.05, 0.1) is 4.90 Å². The molecule has 0 bridgehead atoms. The van der Waals surface area contributed by atoms with Crippen molar-refractivity contribution in [2.75, 3.05) is 17.3 Å². The summed E-state index contributed by atoms with van der Waals surface area (Å²) in [4.78, 5) is 11.5. The van der Waals surface area contributed by atoms with Gasteiger partial charge in [0.2, 0.25) is 15.9 Å². The predicted molar refractivity (Wildman–Crippen MR) is 75.6 cm³/mol. The standard InChI is InChI=1S/C11H16N2O5S2/c1-7-4-9(20(12,17)18)5-8(2)11(7)13-10(14)6-19(3,15)16/h4-5H,6H2,1-3H3,(H,13,14)(H2,12,17,18). The normalized spacial score (nSPS) is 12.2. The van der Waals surface area contributed by atoms with Crippen LogP contribution in [0.5, 0.6) is 0 Å². The van der Waals surface area contributed by atoms with Gasteiger partial charge in [-0.2, -0.15) is 0 Å². The molecule has 0 radical (unpaired) electrons. The molecule has 0 unspecified atom stereocenters. The monoisotopic (exact) mass is 320 g/mol. The Hall–Kier alpha value is -1.45. The second-order valence-electron chi connectivity index (χ2n) is 4.60. The first-order valence-corrected chi connectivity index (χ1v) is 9.12. The number of sulfonamides is 1. The van der Waals surface area contributed by atoms with Crippen LogP contribution in [-0.4, -0.2) is 34.8 Å². The maximum Gasteiger partial charge on any atom is 0.239 e. The van der Waals surface area contributed by atoms with Crippen LogP contribution in [0.25, 0.3) is 0 Å². The van der Waals surface area contributed by atoms with E-state index in [-0.39, 0.29) is 4.90 Å². The molecule has 0 aliphatic heterocycles. The van der Waals surface area contributed by atoms with E-state index in [2.05, 4.69) is 5.32 Å². The molecule has 20 heavy (non-hydrogen) atoms. The molecule has 1 amide bonds. The highest BCUT2D eigenvalue weighted by Gasteiger charge is 2.16. The van der Waals surface area contributed by atoms with Crippen LogP contribution in [0.15, 0.2) is 17.0 Å². The van der Waals surface area contributed by atoms with Crippen LogP contribution in [0.2, 0.25) is 0 Å². The van der Waals surface area contributed by atoms with E-state index in [1.807, 2.05) is 0 Å². The summed E-state index contributed by atoms with van der Waals surface area (Å²) in [5, 5.41) is 7.49. The third-order valence-electron chi connectivity index (χ3n) is 2.49. The van der Waals surface area contributed by atoms with Gasteiger partial charge >= 0.3 is 0 Å². The number of rotatable bonds is 4. The molecule has 7 nitrogen and oxygen atoms in total. The zero-order chi connectivity index (χ0) is 15.7. The van der Waals surface area contributed by atoms with E-state index in [9.17, 15) is 21.6 Å². The average molecular weight is 320 g/mol. The second-order valence-corrected chi connectivity index (χ2v) is 8.30. The van der Waals surface area contributed by atoms with E-state index in [0.29, 0.717) is 16.8 Å². The third-order valence-corrected chi connectivity index (χ3v) is 4.17. The number of carbonyl (C=O) groups is 1. The van der Waals surface area contributed by atoms with E-state index >= 15 is 0 Å². The van der Waals surface area contributed by atoms with Crippen LogP contribution in [0.4, 0.5) is 5.69 Å². The first-order valence-electron chi connectivity index (χ1n) is 5.52. The number of nitrogens with one attached hydrogen (secondary N) is 1. The highest BCUT2D eigenvalue weighted by molar-refractivity contribution is 7.91. The molecule has 0 aliphatic rings. The van der Waals surface area contributed by atoms with Gasteiger partial charge in [-0.05, 0) is 37.1 Å². The third kappa shape index (κ3) is 4.58. The Kier molecular flexibility index (Phi) is 4.57. The van der Waals surface area contributed by atoms with Gasteiger partial charge in [-0.3, -0.25) is 4.79 Å². The first kappa shape index (κ1) is 16.6. The molecule has 0 aromatic heterocycles. The lowest BCUT2D eigenvalue weighted by molar-refractivity contribution is -0.113. The van der Waals surface area contributed by atoms with Gasteiger partial charge in [-0.15, -0.1) is 0 Å². The minimum Gasteiger partial charge on any atom is -0.325 e. The maximum absolute atomic E-state index is 11.6. The number of anilines is 1. The Morgan fingerprint density at radius 1 is 1.15 bits per heavy atom. The van der Waals surface area contributed by atoms with Gasteiger partial charge in [-0.1, -0.05) is 0 Å².